The summed E-state index contributed by atoms with van der Waals surface area (Å²) in [6, 6.07) is 3.39. The molecule has 1 aliphatic heterocycles. The van der Waals surface area contributed by atoms with E-state index in [9.17, 15) is 22.0 Å². The summed E-state index contributed by atoms with van der Waals surface area (Å²) in [5.74, 6) is -3.07. The number of amides is 1. The summed E-state index contributed by atoms with van der Waals surface area (Å²) in [6.45, 7) is 1.15. The highest BCUT2D eigenvalue weighted by Crippen LogP contribution is 2.28. The highest BCUT2D eigenvalue weighted by atomic mass is 32.2. The molecule has 5 nitrogen and oxygen atoms in total. The lowest BCUT2D eigenvalue weighted by Crippen LogP contribution is -2.51. The van der Waals surface area contributed by atoms with Gasteiger partial charge in [-0.25, -0.2) is 17.2 Å². The van der Waals surface area contributed by atoms with E-state index in [1.165, 1.54) is 6.07 Å². The van der Waals surface area contributed by atoms with Gasteiger partial charge in [0.25, 0.3) is 0 Å². The molecule has 1 saturated carbocycles. The quantitative estimate of drug-likeness (QED) is 0.810. The van der Waals surface area contributed by atoms with Crippen molar-refractivity contribution in [3.8, 4) is 0 Å². The Kier molecular flexibility index (Phi) is 5.92. The van der Waals surface area contributed by atoms with Crippen LogP contribution in [0.25, 0.3) is 0 Å². The van der Waals surface area contributed by atoms with Gasteiger partial charge >= 0.3 is 0 Å². The number of halogens is 2. The minimum Gasteiger partial charge on any atom is -0.351 e. The Hall–Kier alpha value is -1.54. The predicted octanol–water partition coefficient (Wildman–Crippen LogP) is 1.88. The number of hydrogen-bond acceptors (Lipinski definition) is 4. The van der Waals surface area contributed by atoms with Crippen molar-refractivity contribution >= 4 is 15.7 Å². The molecule has 2 atom stereocenters. The number of hydrogen-bond donors (Lipinski definition) is 2. The third kappa shape index (κ3) is 4.40. The second-order valence-electron chi connectivity index (χ2n) is 7.16. The van der Waals surface area contributed by atoms with Crippen LogP contribution < -0.4 is 10.6 Å². The zero-order chi connectivity index (χ0) is 18.7. The van der Waals surface area contributed by atoms with E-state index < -0.39 is 38.4 Å². The van der Waals surface area contributed by atoms with E-state index in [1.807, 2.05) is 0 Å². The van der Waals surface area contributed by atoms with Crippen molar-refractivity contribution in [1.82, 2.24) is 10.6 Å². The van der Waals surface area contributed by atoms with Crippen LogP contribution in [0.4, 0.5) is 8.78 Å². The van der Waals surface area contributed by atoms with Crippen LogP contribution in [0.3, 0.4) is 0 Å². The molecule has 1 saturated heterocycles. The average Bonchev–Trinajstić information content (AvgIpc) is 3.13. The monoisotopic (exact) mass is 386 g/mol. The lowest BCUT2D eigenvalue weighted by Gasteiger charge is -2.33. The first-order valence-corrected chi connectivity index (χ1v) is 10.7. The van der Waals surface area contributed by atoms with Crippen molar-refractivity contribution in [2.75, 3.05) is 18.8 Å². The van der Waals surface area contributed by atoms with Gasteiger partial charge < -0.3 is 10.6 Å². The molecular formula is C18H24F2N2O3S. The van der Waals surface area contributed by atoms with E-state index in [4.69, 9.17) is 0 Å². The Bertz CT molecular complexity index is 764. The van der Waals surface area contributed by atoms with Crippen LogP contribution >= 0.6 is 0 Å². The Morgan fingerprint density at radius 3 is 2.58 bits per heavy atom. The van der Waals surface area contributed by atoms with Gasteiger partial charge in [-0.1, -0.05) is 18.9 Å². The number of benzene rings is 1. The van der Waals surface area contributed by atoms with Crippen LogP contribution in [0, 0.1) is 11.6 Å². The van der Waals surface area contributed by atoms with E-state index >= 15 is 0 Å². The molecule has 0 spiro atoms. The standard InChI is InChI=1S/C18H24F2N2O3S/c19-15-6-5-12(9-16(15)20)14-7-8-21-10-17(14)22-18(23)11-26(24,25)13-3-1-2-4-13/h5-6,9,13-14,17,21H,1-4,7-8,10-11H2,(H,22,23). The highest BCUT2D eigenvalue weighted by Gasteiger charge is 2.33. The van der Waals surface area contributed by atoms with Gasteiger partial charge in [0, 0.05) is 18.5 Å². The second kappa shape index (κ2) is 8.00. The van der Waals surface area contributed by atoms with E-state index in [0.29, 0.717) is 37.9 Å². The smallest absolute Gasteiger partial charge is 0.235 e. The summed E-state index contributed by atoms with van der Waals surface area (Å²) in [6.07, 6.45) is 3.66. The van der Waals surface area contributed by atoms with Crippen LogP contribution in [0.5, 0.6) is 0 Å². The van der Waals surface area contributed by atoms with Crippen molar-refractivity contribution in [3.05, 3.63) is 35.4 Å². The fourth-order valence-corrected chi connectivity index (χ4v) is 5.68. The maximum atomic E-state index is 13.6. The van der Waals surface area contributed by atoms with E-state index in [0.717, 1.165) is 25.0 Å². The van der Waals surface area contributed by atoms with Crippen LogP contribution in [-0.2, 0) is 14.6 Å². The summed E-state index contributed by atoms with van der Waals surface area (Å²) in [4.78, 5) is 12.3. The molecule has 8 heteroatoms. The van der Waals surface area contributed by atoms with Crippen LogP contribution in [0.2, 0.25) is 0 Å². The fourth-order valence-electron chi connectivity index (χ4n) is 3.95. The molecule has 3 rings (SSSR count). The van der Waals surface area contributed by atoms with Crippen molar-refractivity contribution < 1.29 is 22.0 Å². The SMILES string of the molecule is O=C(CS(=O)(=O)C1CCCC1)NC1CNCCC1c1ccc(F)c(F)c1. The highest BCUT2D eigenvalue weighted by molar-refractivity contribution is 7.92. The molecule has 0 bridgehead atoms. The van der Waals surface area contributed by atoms with E-state index in [1.54, 1.807) is 0 Å². The third-order valence-corrected chi connectivity index (χ3v) is 7.49. The Labute approximate surface area is 152 Å². The number of nitrogens with one attached hydrogen (secondary N) is 2. The molecule has 1 amide bonds. The Morgan fingerprint density at radius 2 is 1.88 bits per heavy atom. The maximum absolute atomic E-state index is 13.6. The molecule has 0 radical (unpaired) electrons. The minimum absolute atomic E-state index is 0.190. The maximum Gasteiger partial charge on any atom is 0.235 e. The summed E-state index contributed by atoms with van der Waals surface area (Å²) in [5, 5.41) is 5.52. The molecule has 1 aliphatic carbocycles. The van der Waals surface area contributed by atoms with Crippen LogP contribution in [-0.4, -0.2) is 44.5 Å². The first kappa shape index (κ1) is 19.2. The second-order valence-corrected chi connectivity index (χ2v) is 9.44. The van der Waals surface area contributed by atoms with E-state index in [-0.39, 0.29) is 12.0 Å². The zero-order valence-corrected chi connectivity index (χ0v) is 15.3. The van der Waals surface area contributed by atoms with Gasteiger partial charge in [0.2, 0.25) is 5.91 Å². The van der Waals surface area contributed by atoms with Crippen LogP contribution in [0.1, 0.15) is 43.6 Å². The first-order chi connectivity index (χ1) is 12.4. The van der Waals surface area contributed by atoms with Gasteiger partial charge in [0.1, 0.15) is 5.75 Å². The molecule has 144 valence electrons. The number of rotatable bonds is 5. The lowest BCUT2D eigenvalue weighted by molar-refractivity contribution is -0.119. The van der Waals surface area contributed by atoms with Crippen molar-refractivity contribution in [3.63, 3.8) is 0 Å². The Balaban J connectivity index is 1.68. The molecule has 2 fully saturated rings. The van der Waals surface area contributed by atoms with Gasteiger partial charge in [0.05, 0.1) is 5.25 Å². The normalized spacial score (nSPS) is 24.5. The molecule has 1 aromatic carbocycles. The summed E-state index contributed by atoms with van der Waals surface area (Å²) in [5.41, 5.74) is 0.606. The van der Waals surface area contributed by atoms with Crippen molar-refractivity contribution in [1.29, 1.82) is 0 Å². The van der Waals surface area contributed by atoms with Crippen molar-refractivity contribution in [2.45, 2.75) is 49.3 Å². The molecule has 1 aromatic rings. The van der Waals surface area contributed by atoms with Gasteiger partial charge in [-0.2, -0.15) is 0 Å². The largest absolute Gasteiger partial charge is 0.351 e. The summed E-state index contributed by atoms with van der Waals surface area (Å²) in [7, 11) is -3.45. The topological polar surface area (TPSA) is 75.3 Å². The molecule has 2 N–H and O–H groups in total. The molecular weight excluding hydrogens is 362 g/mol. The van der Waals surface area contributed by atoms with E-state index in [2.05, 4.69) is 10.6 Å². The first-order valence-electron chi connectivity index (χ1n) is 9.03. The number of sulfone groups is 1. The average molecular weight is 386 g/mol. The predicted molar refractivity (Wildman–Crippen MR) is 94.6 cm³/mol. The molecule has 1 heterocycles. The number of piperidine rings is 1. The zero-order valence-electron chi connectivity index (χ0n) is 14.5. The van der Waals surface area contributed by atoms with Gasteiger partial charge in [-0.05, 0) is 43.5 Å². The van der Waals surface area contributed by atoms with Gasteiger partial charge in [0.15, 0.2) is 21.5 Å². The Morgan fingerprint density at radius 1 is 1.15 bits per heavy atom. The molecule has 0 aromatic heterocycles. The van der Waals surface area contributed by atoms with Gasteiger partial charge in [-0.3, -0.25) is 4.79 Å². The fraction of sp³-hybridized carbons (Fsp3) is 0.611. The molecule has 26 heavy (non-hydrogen) atoms. The lowest BCUT2D eigenvalue weighted by atomic mass is 9.86. The summed E-state index contributed by atoms with van der Waals surface area (Å²) < 4.78 is 51.4. The molecule has 2 unspecified atom stereocenters. The number of carbonyl (C=O) groups excluding carboxylic acids is 1. The molecule has 2 aliphatic rings. The minimum atomic E-state index is -3.45. The third-order valence-electron chi connectivity index (χ3n) is 5.34. The van der Waals surface area contributed by atoms with Crippen LogP contribution in [0.15, 0.2) is 18.2 Å². The number of carbonyl (C=O) groups is 1. The van der Waals surface area contributed by atoms with Crippen molar-refractivity contribution in [2.24, 2.45) is 0 Å². The van der Waals surface area contributed by atoms with Gasteiger partial charge in [-0.15, -0.1) is 0 Å². The summed E-state index contributed by atoms with van der Waals surface area (Å²) >= 11 is 0.